The second-order valence-electron chi connectivity index (χ2n) is 3.72. The minimum Gasteiger partial charge on any atom is -0.396 e. The van der Waals surface area contributed by atoms with Crippen LogP contribution in [0, 0.1) is 0 Å². The fourth-order valence-electron chi connectivity index (χ4n) is 1.48. The average Bonchev–Trinajstić information content (AvgIpc) is 2.25. The van der Waals surface area contributed by atoms with Crippen molar-refractivity contribution >= 4 is 0 Å². The first-order valence-corrected chi connectivity index (χ1v) is 5.31. The van der Waals surface area contributed by atoms with E-state index in [0.717, 1.165) is 0 Å². The van der Waals surface area contributed by atoms with E-state index in [1.165, 1.54) is 4.90 Å². The third kappa shape index (κ3) is 6.23. The molecule has 1 aromatic rings. The van der Waals surface area contributed by atoms with Crippen molar-refractivity contribution < 1.29 is 18.3 Å². The highest BCUT2D eigenvalue weighted by atomic mass is 19.4. The molecule has 0 atom stereocenters. The Balaban J connectivity index is 2.57. The van der Waals surface area contributed by atoms with Crippen LogP contribution < -0.4 is 0 Å². The molecular weight excluding hydrogens is 233 g/mol. The maximum Gasteiger partial charge on any atom is 0.401 e. The Labute approximate surface area is 97.9 Å². The molecule has 1 aromatic heterocycles. The van der Waals surface area contributed by atoms with E-state index in [9.17, 15) is 13.2 Å². The lowest BCUT2D eigenvalue weighted by atomic mass is 10.3. The zero-order valence-corrected chi connectivity index (χ0v) is 9.32. The highest BCUT2D eigenvalue weighted by molar-refractivity contribution is 5.03. The first-order chi connectivity index (χ1) is 8.01. The minimum absolute atomic E-state index is 0.115. The van der Waals surface area contributed by atoms with E-state index in [0.29, 0.717) is 12.1 Å². The number of rotatable bonds is 6. The van der Waals surface area contributed by atoms with Crippen LogP contribution in [0.15, 0.2) is 24.4 Å². The molecule has 0 radical (unpaired) electrons. The molecule has 1 N–H and O–H groups in total. The fourth-order valence-corrected chi connectivity index (χ4v) is 1.48. The zero-order chi connectivity index (χ0) is 12.7. The Morgan fingerprint density at radius 3 is 2.59 bits per heavy atom. The van der Waals surface area contributed by atoms with Crippen molar-refractivity contribution in [2.24, 2.45) is 0 Å². The predicted molar refractivity (Wildman–Crippen MR) is 57.3 cm³/mol. The summed E-state index contributed by atoms with van der Waals surface area (Å²) in [5.74, 6) is 0. The van der Waals surface area contributed by atoms with Gasteiger partial charge in [-0.3, -0.25) is 9.88 Å². The Kier molecular flexibility index (Phi) is 5.37. The summed E-state index contributed by atoms with van der Waals surface area (Å²) in [5.41, 5.74) is 0.592. The largest absolute Gasteiger partial charge is 0.401 e. The van der Waals surface area contributed by atoms with Crippen LogP contribution in [0.3, 0.4) is 0 Å². The summed E-state index contributed by atoms with van der Waals surface area (Å²) in [6, 6.07) is 5.13. The molecule has 96 valence electrons. The summed E-state index contributed by atoms with van der Waals surface area (Å²) in [5, 5.41) is 8.66. The van der Waals surface area contributed by atoms with Crippen LogP contribution in [-0.2, 0) is 6.54 Å². The second-order valence-corrected chi connectivity index (χ2v) is 3.72. The maximum atomic E-state index is 12.3. The molecule has 0 saturated carbocycles. The molecule has 0 spiro atoms. The smallest absolute Gasteiger partial charge is 0.396 e. The normalized spacial score (nSPS) is 12.1. The van der Waals surface area contributed by atoms with Crippen LogP contribution in [0.5, 0.6) is 0 Å². The third-order valence-corrected chi connectivity index (χ3v) is 2.15. The van der Waals surface area contributed by atoms with Crippen LogP contribution >= 0.6 is 0 Å². The van der Waals surface area contributed by atoms with Gasteiger partial charge in [-0.15, -0.1) is 0 Å². The molecule has 1 heterocycles. The van der Waals surface area contributed by atoms with Crippen LogP contribution in [0.1, 0.15) is 12.1 Å². The molecule has 0 aromatic carbocycles. The van der Waals surface area contributed by atoms with E-state index in [4.69, 9.17) is 5.11 Å². The molecule has 0 aliphatic carbocycles. The van der Waals surface area contributed by atoms with Crippen LogP contribution in [0.2, 0.25) is 0 Å². The topological polar surface area (TPSA) is 36.4 Å². The van der Waals surface area contributed by atoms with Gasteiger partial charge in [0.15, 0.2) is 0 Å². The van der Waals surface area contributed by atoms with Crippen LogP contribution in [0.4, 0.5) is 13.2 Å². The van der Waals surface area contributed by atoms with Gasteiger partial charge >= 0.3 is 6.18 Å². The van der Waals surface area contributed by atoms with E-state index >= 15 is 0 Å². The molecule has 0 amide bonds. The molecule has 0 bridgehead atoms. The first kappa shape index (κ1) is 13.9. The lowest BCUT2D eigenvalue weighted by Crippen LogP contribution is -2.35. The molecular formula is C11H15F3N2O. The monoisotopic (exact) mass is 248 g/mol. The van der Waals surface area contributed by atoms with Crippen molar-refractivity contribution in [2.45, 2.75) is 19.1 Å². The van der Waals surface area contributed by atoms with E-state index in [-0.39, 0.29) is 19.7 Å². The standard InChI is InChI=1S/C11H15F3N2O/c12-11(13,14)9-16(6-3-7-17)8-10-4-1-2-5-15-10/h1-2,4-5,17H,3,6-9H2. The fraction of sp³-hybridized carbons (Fsp3) is 0.545. The lowest BCUT2D eigenvalue weighted by molar-refractivity contribution is -0.147. The van der Waals surface area contributed by atoms with Gasteiger partial charge in [-0.05, 0) is 18.6 Å². The molecule has 17 heavy (non-hydrogen) atoms. The lowest BCUT2D eigenvalue weighted by Gasteiger charge is -2.22. The van der Waals surface area contributed by atoms with Gasteiger partial charge in [-0.1, -0.05) is 6.07 Å². The van der Waals surface area contributed by atoms with Gasteiger partial charge in [-0.25, -0.2) is 0 Å². The number of hydrogen-bond acceptors (Lipinski definition) is 3. The maximum absolute atomic E-state index is 12.3. The molecule has 0 unspecified atom stereocenters. The molecule has 1 rings (SSSR count). The summed E-state index contributed by atoms with van der Waals surface area (Å²) in [6.45, 7) is -0.757. The third-order valence-electron chi connectivity index (χ3n) is 2.15. The van der Waals surface area contributed by atoms with Gasteiger partial charge in [0, 0.05) is 25.9 Å². The molecule has 0 aliphatic heterocycles. The molecule has 6 heteroatoms. The highest BCUT2D eigenvalue weighted by Gasteiger charge is 2.30. The summed E-state index contributed by atoms with van der Waals surface area (Å²) >= 11 is 0. The van der Waals surface area contributed by atoms with Crippen molar-refractivity contribution in [3.63, 3.8) is 0 Å². The Bertz CT molecular complexity index is 316. The van der Waals surface area contributed by atoms with Gasteiger partial charge in [0.1, 0.15) is 0 Å². The Morgan fingerprint density at radius 1 is 1.29 bits per heavy atom. The molecule has 0 aliphatic rings. The molecule has 0 fully saturated rings. The summed E-state index contributed by atoms with van der Waals surface area (Å²) < 4.78 is 36.9. The molecule has 3 nitrogen and oxygen atoms in total. The van der Waals surface area contributed by atoms with Gasteiger partial charge in [0.25, 0.3) is 0 Å². The van der Waals surface area contributed by atoms with Crippen molar-refractivity contribution in [3.8, 4) is 0 Å². The van der Waals surface area contributed by atoms with Gasteiger partial charge in [0.05, 0.1) is 12.2 Å². The van der Waals surface area contributed by atoms with Gasteiger partial charge < -0.3 is 5.11 Å². The van der Waals surface area contributed by atoms with Gasteiger partial charge in [0.2, 0.25) is 0 Å². The minimum atomic E-state index is -4.23. The van der Waals surface area contributed by atoms with Crippen molar-refractivity contribution in [1.82, 2.24) is 9.88 Å². The summed E-state index contributed by atoms with van der Waals surface area (Å²) in [4.78, 5) is 5.22. The van der Waals surface area contributed by atoms with Crippen LogP contribution in [-0.4, -0.2) is 40.9 Å². The van der Waals surface area contributed by atoms with Gasteiger partial charge in [-0.2, -0.15) is 13.2 Å². The SMILES string of the molecule is OCCCN(Cc1ccccn1)CC(F)(F)F. The number of aromatic nitrogens is 1. The van der Waals surface area contributed by atoms with E-state index in [1.54, 1.807) is 24.4 Å². The van der Waals surface area contributed by atoms with E-state index < -0.39 is 12.7 Å². The van der Waals surface area contributed by atoms with Crippen molar-refractivity contribution in [1.29, 1.82) is 0 Å². The number of pyridine rings is 1. The average molecular weight is 248 g/mol. The van der Waals surface area contributed by atoms with Crippen molar-refractivity contribution in [2.75, 3.05) is 19.7 Å². The summed E-state index contributed by atoms with van der Waals surface area (Å²) in [7, 11) is 0. The number of halogens is 3. The predicted octanol–water partition coefficient (Wildman–Crippen LogP) is 1.83. The van der Waals surface area contributed by atoms with Crippen molar-refractivity contribution in [3.05, 3.63) is 30.1 Å². The van der Waals surface area contributed by atoms with E-state index in [2.05, 4.69) is 4.98 Å². The number of alkyl halides is 3. The number of aliphatic hydroxyl groups is 1. The van der Waals surface area contributed by atoms with E-state index in [1.807, 2.05) is 0 Å². The second kappa shape index (κ2) is 6.56. The summed E-state index contributed by atoms with van der Waals surface area (Å²) in [6.07, 6.45) is -2.36. The highest BCUT2D eigenvalue weighted by Crippen LogP contribution is 2.17. The number of aliphatic hydroxyl groups excluding tert-OH is 1. The zero-order valence-electron chi connectivity index (χ0n) is 9.32. The number of hydrogen-bond donors (Lipinski definition) is 1. The van der Waals surface area contributed by atoms with Crippen LogP contribution in [0.25, 0.3) is 0 Å². The Hall–Kier alpha value is -1.14. The quantitative estimate of drug-likeness (QED) is 0.834. The first-order valence-electron chi connectivity index (χ1n) is 5.31. The molecule has 0 saturated heterocycles. The number of nitrogens with zero attached hydrogens (tertiary/aromatic N) is 2. The Morgan fingerprint density at radius 2 is 2.06 bits per heavy atom.